The van der Waals surface area contributed by atoms with Crippen molar-refractivity contribution in [3.05, 3.63) is 54.4 Å². The minimum atomic E-state index is 0.147. The number of thioether (sulfide) groups is 1. The Bertz CT molecular complexity index is 1210. The third-order valence-electron chi connectivity index (χ3n) is 6.12. The molecule has 0 aliphatic carbocycles. The first kappa shape index (κ1) is 20.1. The molecule has 0 radical (unpaired) electrons. The van der Waals surface area contributed by atoms with E-state index in [1.165, 1.54) is 6.42 Å². The molecule has 1 aliphatic heterocycles. The number of hydrogen-bond donors (Lipinski definition) is 0. The summed E-state index contributed by atoms with van der Waals surface area (Å²) in [5.74, 6) is 1.56. The van der Waals surface area contributed by atoms with E-state index in [4.69, 9.17) is 0 Å². The normalized spacial score (nSPS) is 19.4. The number of hydrogen-bond acceptors (Lipinski definition) is 5. The van der Waals surface area contributed by atoms with E-state index in [9.17, 15) is 4.79 Å². The zero-order valence-corrected chi connectivity index (χ0v) is 18.6. The van der Waals surface area contributed by atoms with Crippen LogP contribution in [0.3, 0.4) is 0 Å². The molecular formula is C23H26N6OS. The Labute approximate surface area is 185 Å². The molecule has 4 aromatic rings. The quantitative estimate of drug-likeness (QED) is 0.441. The summed E-state index contributed by atoms with van der Waals surface area (Å²) < 4.78 is 4.06. The van der Waals surface area contributed by atoms with Gasteiger partial charge in [-0.1, -0.05) is 30.0 Å². The molecule has 0 bridgehead atoms. The summed E-state index contributed by atoms with van der Waals surface area (Å²) in [6, 6.07) is 14.6. The second kappa shape index (κ2) is 8.34. The minimum Gasteiger partial charge on any atom is -0.336 e. The zero-order chi connectivity index (χ0) is 21.4. The number of nitrogens with zero attached hydrogens (tertiary/aromatic N) is 6. The minimum absolute atomic E-state index is 0.147. The van der Waals surface area contributed by atoms with Crippen LogP contribution in [0.5, 0.6) is 0 Å². The summed E-state index contributed by atoms with van der Waals surface area (Å²) in [6.07, 6.45) is 5.12. The highest BCUT2D eigenvalue weighted by molar-refractivity contribution is 7.98. The highest BCUT2D eigenvalue weighted by Gasteiger charge is 2.30. The van der Waals surface area contributed by atoms with Crippen molar-refractivity contribution in [2.75, 3.05) is 0 Å². The number of rotatable bonds is 5. The number of fused-ring (bicyclic) bond motifs is 3. The number of piperidine rings is 1. The Hall–Kier alpha value is -2.87. The predicted molar refractivity (Wildman–Crippen MR) is 122 cm³/mol. The van der Waals surface area contributed by atoms with Crippen molar-refractivity contribution in [3.63, 3.8) is 0 Å². The number of imidazole rings is 1. The maximum atomic E-state index is 13.3. The van der Waals surface area contributed by atoms with Crippen LogP contribution < -0.4 is 0 Å². The average molecular weight is 435 g/mol. The van der Waals surface area contributed by atoms with Crippen LogP contribution in [0.4, 0.5) is 0 Å². The van der Waals surface area contributed by atoms with Gasteiger partial charge in [0, 0.05) is 24.0 Å². The van der Waals surface area contributed by atoms with Gasteiger partial charge < -0.3 is 4.90 Å². The third kappa shape index (κ3) is 3.69. The fourth-order valence-electron chi connectivity index (χ4n) is 4.64. The Kier molecular flexibility index (Phi) is 5.40. The van der Waals surface area contributed by atoms with Gasteiger partial charge in [0.2, 0.25) is 11.7 Å². The number of aromatic nitrogens is 5. The van der Waals surface area contributed by atoms with Gasteiger partial charge in [-0.2, -0.15) is 0 Å². The van der Waals surface area contributed by atoms with Gasteiger partial charge in [-0.05, 0) is 57.4 Å². The van der Waals surface area contributed by atoms with Crippen LogP contribution in [-0.4, -0.2) is 47.0 Å². The molecule has 160 valence electrons. The molecule has 1 aliphatic rings. The van der Waals surface area contributed by atoms with E-state index in [2.05, 4.69) is 44.4 Å². The number of pyridine rings is 1. The molecule has 0 N–H and O–H groups in total. The van der Waals surface area contributed by atoms with Gasteiger partial charge in [-0.15, -0.1) is 10.2 Å². The maximum absolute atomic E-state index is 13.3. The van der Waals surface area contributed by atoms with E-state index in [1.807, 2.05) is 41.0 Å². The molecule has 1 fully saturated rings. The summed E-state index contributed by atoms with van der Waals surface area (Å²) >= 11 is 1.60. The number of carbonyl (C=O) groups excluding carboxylic acids is 1. The fourth-order valence-corrected chi connectivity index (χ4v) is 5.49. The van der Waals surface area contributed by atoms with E-state index in [0.29, 0.717) is 11.5 Å². The lowest BCUT2D eigenvalue weighted by Crippen LogP contribution is -2.48. The molecule has 31 heavy (non-hydrogen) atoms. The maximum Gasteiger partial charge on any atom is 0.243 e. The molecule has 3 aromatic heterocycles. The van der Waals surface area contributed by atoms with Gasteiger partial charge >= 0.3 is 0 Å². The molecule has 5 rings (SSSR count). The first-order valence-electron chi connectivity index (χ1n) is 10.8. The largest absolute Gasteiger partial charge is 0.336 e. The standard InChI is InChI=1S/C23H26N6OS/c1-16-8-7-9-17(2)28(16)21(30)14-27-19-11-3-4-12-20(19)29-22(27)25-26-23(29)31-15-18-10-5-6-13-24-18/h3-6,10-13,16-17H,7-9,14-15H2,1-2H3. The van der Waals surface area contributed by atoms with Gasteiger partial charge in [-0.25, -0.2) is 0 Å². The predicted octanol–water partition coefficient (Wildman–Crippen LogP) is 4.16. The molecule has 1 amide bonds. The van der Waals surface area contributed by atoms with Gasteiger partial charge in [0.25, 0.3) is 0 Å². The van der Waals surface area contributed by atoms with Gasteiger partial charge in [0.05, 0.1) is 16.7 Å². The van der Waals surface area contributed by atoms with E-state index in [0.717, 1.165) is 34.7 Å². The Morgan fingerprint density at radius 3 is 2.52 bits per heavy atom. The lowest BCUT2D eigenvalue weighted by atomic mass is 9.97. The number of benzene rings is 1. The Morgan fingerprint density at radius 1 is 1.03 bits per heavy atom. The van der Waals surface area contributed by atoms with Crippen LogP contribution in [0.1, 0.15) is 38.8 Å². The number of carbonyl (C=O) groups is 1. The summed E-state index contributed by atoms with van der Waals surface area (Å²) in [4.78, 5) is 19.8. The van der Waals surface area contributed by atoms with Crippen LogP contribution in [0.25, 0.3) is 16.8 Å². The van der Waals surface area contributed by atoms with E-state index < -0.39 is 0 Å². The van der Waals surface area contributed by atoms with E-state index >= 15 is 0 Å². The summed E-state index contributed by atoms with van der Waals surface area (Å²) in [5.41, 5.74) is 3.01. The van der Waals surface area contributed by atoms with E-state index in [-0.39, 0.29) is 24.5 Å². The topological polar surface area (TPSA) is 68.3 Å². The van der Waals surface area contributed by atoms with Crippen LogP contribution in [0, 0.1) is 0 Å². The summed E-state index contributed by atoms with van der Waals surface area (Å²) in [6.45, 7) is 4.58. The molecule has 0 saturated carbocycles. The number of amides is 1. The zero-order valence-electron chi connectivity index (χ0n) is 17.8. The average Bonchev–Trinajstić information content (AvgIpc) is 3.32. The molecule has 7 nitrogen and oxygen atoms in total. The van der Waals surface area contributed by atoms with Crippen molar-refractivity contribution in [1.29, 1.82) is 0 Å². The molecular weight excluding hydrogens is 408 g/mol. The molecule has 0 spiro atoms. The van der Waals surface area contributed by atoms with Crippen molar-refractivity contribution in [3.8, 4) is 0 Å². The smallest absolute Gasteiger partial charge is 0.243 e. The summed E-state index contributed by atoms with van der Waals surface area (Å²) in [7, 11) is 0. The van der Waals surface area contributed by atoms with Crippen molar-refractivity contribution < 1.29 is 4.79 Å². The van der Waals surface area contributed by atoms with Crippen molar-refractivity contribution >= 4 is 34.5 Å². The second-order valence-electron chi connectivity index (χ2n) is 8.23. The monoisotopic (exact) mass is 434 g/mol. The molecule has 2 atom stereocenters. The first-order valence-corrected chi connectivity index (χ1v) is 11.8. The SMILES string of the molecule is CC1CCCC(C)N1C(=O)Cn1c2ccccc2n2c(SCc3ccccn3)nnc12. The highest BCUT2D eigenvalue weighted by atomic mass is 32.2. The van der Waals surface area contributed by atoms with Gasteiger partial charge in [0.1, 0.15) is 6.54 Å². The van der Waals surface area contributed by atoms with Gasteiger partial charge in [0.15, 0.2) is 5.16 Å². The lowest BCUT2D eigenvalue weighted by Gasteiger charge is -2.39. The first-order chi connectivity index (χ1) is 15.1. The summed E-state index contributed by atoms with van der Waals surface area (Å²) in [5, 5.41) is 9.71. The number of likely N-dealkylation sites (tertiary alicyclic amines) is 1. The van der Waals surface area contributed by atoms with Crippen molar-refractivity contribution in [2.24, 2.45) is 0 Å². The molecule has 1 aromatic carbocycles. The molecule has 1 saturated heterocycles. The van der Waals surface area contributed by atoms with Crippen molar-refractivity contribution in [1.82, 2.24) is 29.0 Å². The van der Waals surface area contributed by atoms with Crippen LogP contribution in [0.2, 0.25) is 0 Å². The van der Waals surface area contributed by atoms with Crippen LogP contribution in [0.15, 0.2) is 53.8 Å². The van der Waals surface area contributed by atoms with Gasteiger partial charge in [-0.3, -0.25) is 18.7 Å². The Morgan fingerprint density at radius 2 is 1.77 bits per heavy atom. The number of para-hydroxylation sites is 2. The van der Waals surface area contributed by atoms with Crippen LogP contribution in [-0.2, 0) is 17.1 Å². The van der Waals surface area contributed by atoms with Crippen molar-refractivity contribution in [2.45, 2.75) is 62.6 Å². The van der Waals surface area contributed by atoms with E-state index in [1.54, 1.807) is 18.0 Å². The fraction of sp³-hybridized carbons (Fsp3) is 0.391. The molecule has 2 unspecified atom stereocenters. The third-order valence-corrected chi connectivity index (χ3v) is 7.08. The molecule has 8 heteroatoms. The second-order valence-corrected chi connectivity index (χ2v) is 9.18. The van der Waals surface area contributed by atoms with Crippen LogP contribution >= 0.6 is 11.8 Å². The molecule has 4 heterocycles. The highest BCUT2D eigenvalue weighted by Crippen LogP contribution is 2.28. The Balaban J connectivity index is 1.49. The lowest BCUT2D eigenvalue weighted by molar-refractivity contribution is -0.137.